The number of amides is 1. The maximum atomic E-state index is 12.1. The van der Waals surface area contributed by atoms with Gasteiger partial charge in [0.05, 0.1) is 0 Å². The summed E-state index contributed by atoms with van der Waals surface area (Å²) in [7, 11) is 0. The van der Waals surface area contributed by atoms with Crippen molar-refractivity contribution in [2.24, 2.45) is 11.7 Å². The Morgan fingerprint density at radius 2 is 1.90 bits per heavy atom. The predicted molar refractivity (Wildman–Crippen MR) is 82.2 cm³/mol. The molecule has 1 saturated carbocycles. The lowest BCUT2D eigenvalue weighted by Crippen LogP contribution is -2.39. The van der Waals surface area contributed by atoms with Gasteiger partial charge in [-0.1, -0.05) is 49.6 Å². The first-order chi connectivity index (χ1) is 9.66. The highest BCUT2D eigenvalue weighted by Crippen LogP contribution is 2.26. The van der Waals surface area contributed by atoms with E-state index in [1.54, 1.807) is 0 Å². The molecule has 20 heavy (non-hydrogen) atoms. The average Bonchev–Trinajstić information content (AvgIpc) is 2.49. The number of nitrogens with two attached hydrogens (primary N) is 1. The second-order valence-electron chi connectivity index (χ2n) is 5.98. The first-order valence-electron chi connectivity index (χ1n) is 7.76. The number of benzene rings is 1. The van der Waals surface area contributed by atoms with E-state index in [0.717, 1.165) is 5.56 Å². The zero-order chi connectivity index (χ0) is 14.4. The fraction of sp³-hybridized carbons (Fsp3) is 0.588. The highest BCUT2D eigenvalue weighted by molar-refractivity contribution is 5.77. The molecular formula is C17H26N2O. The molecule has 0 aromatic heterocycles. The van der Waals surface area contributed by atoms with Gasteiger partial charge < -0.3 is 11.1 Å². The van der Waals surface area contributed by atoms with Crippen molar-refractivity contribution in [1.82, 2.24) is 5.32 Å². The third kappa shape index (κ3) is 4.34. The molecule has 1 aromatic carbocycles. The van der Waals surface area contributed by atoms with Crippen LogP contribution in [0.25, 0.3) is 0 Å². The Morgan fingerprint density at radius 3 is 2.55 bits per heavy atom. The second kappa shape index (κ2) is 7.44. The molecule has 1 aromatic rings. The van der Waals surface area contributed by atoms with Crippen molar-refractivity contribution < 1.29 is 4.79 Å². The van der Waals surface area contributed by atoms with Crippen LogP contribution in [-0.2, 0) is 4.79 Å². The Balaban J connectivity index is 1.79. The minimum absolute atomic E-state index is 0.0689. The summed E-state index contributed by atoms with van der Waals surface area (Å²) in [6, 6.07) is 9.88. The Bertz CT molecular complexity index is 412. The van der Waals surface area contributed by atoms with Crippen LogP contribution in [0.15, 0.2) is 30.3 Å². The van der Waals surface area contributed by atoms with E-state index in [0.29, 0.717) is 12.3 Å². The summed E-state index contributed by atoms with van der Waals surface area (Å²) in [5.41, 5.74) is 7.11. The standard InChI is InChI=1S/C17H26N2O/c1-13(14-8-4-2-5-9-14)19-17(20)12-16(18)15-10-6-3-7-11-15/h3,6-7,10-11,13-14,16H,2,4-5,8-9,12,18H2,1H3,(H,19,20)/t13-,16?/m0/s1. The van der Waals surface area contributed by atoms with Gasteiger partial charge in [0, 0.05) is 18.5 Å². The van der Waals surface area contributed by atoms with E-state index in [4.69, 9.17) is 5.73 Å². The van der Waals surface area contributed by atoms with Gasteiger partial charge in [-0.05, 0) is 31.2 Å². The smallest absolute Gasteiger partial charge is 0.222 e. The lowest BCUT2D eigenvalue weighted by molar-refractivity contribution is -0.122. The summed E-state index contributed by atoms with van der Waals surface area (Å²) >= 11 is 0. The van der Waals surface area contributed by atoms with Crippen molar-refractivity contribution in [2.75, 3.05) is 0 Å². The van der Waals surface area contributed by atoms with Gasteiger partial charge in [0.25, 0.3) is 0 Å². The van der Waals surface area contributed by atoms with Crippen molar-refractivity contribution in [3.05, 3.63) is 35.9 Å². The molecule has 0 radical (unpaired) electrons. The van der Waals surface area contributed by atoms with Gasteiger partial charge in [0.1, 0.15) is 0 Å². The summed E-state index contributed by atoms with van der Waals surface area (Å²) in [6.07, 6.45) is 6.79. The van der Waals surface area contributed by atoms with Gasteiger partial charge in [0.2, 0.25) is 5.91 Å². The van der Waals surface area contributed by atoms with Crippen LogP contribution in [0.5, 0.6) is 0 Å². The molecule has 0 bridgehead atoms. The van der Waals surface area contributed by atoms with Gasteiger partial charge in [-0.15, -0.1) is 0 Å². The number of hydrogen-bond acceptors (Lipinski definition) is 2. The fourth-order valence-corrected chi connectivity index (χ4v) is 3.08. The van der Waals surface area contributed by atoms with E-state index in [9.17, 15) is 4.79 Å². The Morgan fingerprint density at radius 1 is 1.25 bits per heavy atom. The molecule has 110 valence electrons. The molecule has 1 aliphatic rings. The molecule has 1 amide bonds. The third-order valence-corrected chi connectivity index (χ3v) is 4.38. The molecule has 1 unspecified atom stereocenters. The average molecular weight is 274 g/mol. The number of hydrogen-bond donors (Lipinski definition) is 2. The number of carbonyl (C=O) groups excluding carboxylic acids is 1. The molecule has 0 saturated heterocycles. The van der Waals surface area contributed by atoms with Crippen LogP contribution in [-0.4, -0.2) is 11.9 Å². The van der Waals surface area contributed by atoms with Crippen molar-refractivity contribution in [3.63, 3.8) is 0 Å². The molecule has 3 heteroatoms. The normalized spacial score (nSPS) is 19.3. The highest BCUT2D eigenvalue weighted by Gasteiger charge is 2.22. The Hall–Kier alpha value is -1.35. The summed E-state index contributed by atoms with van der Waals surface area (Å²) in [4.78, 5) is 12.1. The Kier molecular flexibility index (Phi) is 5.60. The van der Waals surface area contributed by atoms with E-state index < -0.39 is 0 Å². The van der Waals surface area contributed by atoms with Crippen LogP contribution >= 0.6 is 0 Å². The molecule has 3 nitrogen and oxygen atoms in total. The minimum atomic E-state index is -0.213. The number of carbonyl (C=O) groups is 1. The summed E-state index contributed by atoms with van der Waals surface area (Å²) < 4.78 is 0. The molecule has 3 N–H and O–H groups in total. The van der Waals surface area contributed by atoms with E-state index in [-0.39, 0.29) is 18.0 Å². The lowest BCUT2D eigenvalue weighted by atomic mass is 9.84. The minimum Gasteiger partial charge on any atom is -0.353 e. The molecule has 1 aliphatic carbocycles. The van der Waals surface area contributed by atoms with E-state index in [2.05, 4.69) is 12.2 Å². The molecule has 1 fully saturated rings. The van der Waals surface area contributed by atoms with Crippen LogP contribution in [0, 0.1) is 5.92 Å². The largest absolute Gasteiger partial charge is 0.353 e. The third-order valence-electron chi connectivity index (χ3n) is 4.38. The van der Waals surface area contributed by atoms with Crippen molar-refractivity contribution in [3.8, 4) is 0 Å². The van der Waals surface area contributed by atoms with Gasteiger partial charge in [-0.3, -0.25) is 4.79 Å². The first kappa shape index (κ1) is 15.0. The number of rotatable bonds is 5. The summed E-state index contributed by atoms with van der Waals surface area (Å²) in [5, 5.41) is 3.13. The molecule has 2 atom stereocenters. The Labute approximate surface area is 121 Å². The van der Waals surface area contributed by atoms with Crippen LogP contribution in [0.4, 0.5) is 0 Å². The van der Waals surface area contributed by atoms with Crippen molar-refractivity contribution in [1.29, 1.82) is 0 Å². The predicted octanol–water partition coefficient (Wildman–Crippen LogP) is 3.16. The van der Waals surface area contributed by atoms with Gasteiger partial charge in [-0.2, -0.15) is 0 Å². The van der Waals surface area contributed by atoms with Crippen LogP contribution in [0.2, 0.25) is 0 Å². The summed E-state index contributed by atoms with van der Waals surface area (Å²) in [6.45, 7) is 2.13. The molecule has 0 spiro atoms. The number of nitrogens with one attached hydrogen (secondary N) is 1. The molecule has 2 rings (SSSR count). The van der Waals surface area contributed by atoms with Crippen LogP contribution in [0.1, 0.15) is 57.1 Å². The van der Waals surface area contributed by atoms with Gasteiger partial charge in [0.15, 0.2) is 0 Å². The lowest BCUT2D eigenvalue weighted by Gasteiger charge is -2.28. The molecular weight excluding hydrogens is 248 g/mol. The SMILES string of the molecule is C[C@H](NC(=O)CC(N)c1ccccc1)C1CCCCC1. The van der Waals surface area contributed by atoms with E-state index >= 15 is 0 Å². The van der Waals surface area contributed by atoms with Gasteiger partial charge in [-0.25, -0.2) is 0 Å². The maximum absolute atomic E-state index is 12.1. The van der Waals surface area contributed by atoms with Crippen LogP contribution in [0.3, 0.4) is 0 Å². The maximum Gasteiger partial charge on any atom is 0.222 e. The van der Waals surface area contributed by atoms with Crippen molar-refractivity contribution in [2.45, 2.75) is 57.5 Å². The molecule has 0 aliphatic heterocycles. The summed E-state index contributed by atoms with van der Waals surface area (Å²) in [5.74, 6) is 0.708. The zero-order valence-corrected chi connectivity index (χ0v) is 12.3. The fourth-order valence-electron chi connectivity index (χ4n) is 3.08. The monoisotopic (exact) mass is 274 g/mol. The zero-order valence-electron chi connectivity index (χ0n) is 12.3. The topological polar surface area (TPSA) is 55.1 Å². The second-order valence-corrected chi connectivity index (χ2v) is 5.98. The quantitative estimate of drug-likeness (QED) is 0.866. The van der Waals surface area contributed by atoms with Crippen LogP contribution < -0.4 is 11.1 Å². The highest BCUT2D eigenvalue weighted by atomic mass is 16.1. The van der Waals surface area contributed by atoms with Crippen molar-refractivity contribution >= 4 is 5.91 Å². The van der Waals surface area contributed by atoms with Gasteiger partial charge >= 0.3 is 0 Å². The van der Waals surface area contributed by atoms with E-state index in [1.165, 1.54) is 32.1 Å². The molecule has 0 heterocycles. The van der Waals surface area contributed by atoms with E-state index in [1.807, 2.05) is 30.3 Å². The first-order valence-corrected chi connectivity index (χ1v) is 7.76.